The van der Waals surface area contributed by atoms with Gasteiger partial charge in [0.15, 0.2) is 0 Å². The normalized spacial score (nSPS) is 22.3. The second kappa shape index (κ2) is 6.50. The van der Waals surface area contributed by atoms with Crippen LogP contribution in [0.4, 0.5) is 0 Å². The minimum atomic E-state index is -0.00856. The van der Waals surface area contributed by atoms with Crippen LogP contribution in [0.5, 0.6) is 0 Å². The lowest BCUT2D eigenvalue weighted by atomic mass is 10.2. The molecular weight excluding hydrogens is 230 g/mol. The maximum absolute atomic E-state index is 12.5. The first-order chi connectivity index (χ1) is 8.74. The molecule has 5 heteroatoms. The van der Waals surface area contributed by atoms with Gasteiger partial charge < -0.3 is 15.0 Å². The summed E-state index contributed by atoms with van der Waals surface area (Å²) in [4.78, 5) is 16.8. The van der Waals surface area contributed by atoms with Crippen molar-refractivity contribution in [2.75, 3.05) is 46.4 Å². The number of amides is 1. The average molecular weight is 255 g/mol. The van der Waals surface area contributed by atoms with Crippen LogP contribution in [-0.4, -0.2) is 74.2 Å². The van der Waals surface area contributed by atoms with Gasteiger partial charge in [-0.2, -0.15) is 0 Å². The van der Waals surface area contributed by atoms with Crippen LogP contribution in [0.1, 0.15) is 19.8 Å². The highest BCUT2D eigenvalue weighted by Crippen LogP contribution is 2.28. The van der Waals surface area contributed by atoms with Crippen molar-refractivity contribution >= 4 is 5.91 Å². The molecule has 1 amide bonds. The monoisotopic (exact) mass is 255 g/mol. The predicted molar refractivity (Wildman–Crippen MR) is 70.5 cm³/mol. The van der Waals surface area contributed by atoms with Gasteiger partial charge in [-0.3, -0.25) is 9.69 Å². The van der Waals surface area contributed by atoms with Crippen LogP contribution in [0.2, 0.25) is 0 Å². The maximum atomic E-state index is 12.5. The maximum Gasteiger partial charge on any atom is 0.239 e. The minimum Gasteiger partial charge on any atom is -0.383 e. The highest BCUT2D eigenvalue weighted by Gasteiger charge is 2.36. The lowest BCUT2D eigenvalue weighted by Gasteiger charge is -2.34. The Morgan fingerprint density at radius 1 is 1.44 bits per heavy atom. The van der Waals surface area contributed by atoms with Crippen molar-refractivity contribution in [1.29, 1.82) is 0 Å². The summed E-state index contributed by atoms with van der Waals surface area (Å²) >= 11 is 0. The third-order valence-electron chi connectivity index (χ3n) is 3.85. The van der Waals surface area contributed by atoms with Crippen LogP contribution < -0.4 is 5.32 Å². The van der Waals surface area contributed by atoms with Crippen LogP contribution in [0.15, 0.2) is 0 Å². The van der Waals surface area contributed by atoms with Gasteiger partial charge in [0.1, 0.15) is 0 Å². The minimum absolute atomic E-state index is 0.00856. The fourth-order valence-electron chi connectivity index (χ4n) is 2.59. The summed E-state index contributed by atoms with van der Waals surface area (Å²) < 4.78 is 5.15. The molecule has 18 heavy (non-hydrogen) atoms. The summed E-state index contributed by atoms with van der Waals surface area (Å²) in [6.07, 6.45) is 2.45. The third-order valence-corrected chi connectivity index (χ3v) is 3.85. The van der Waals surface area contributed by atoms with E-state index >= 15 is 0 Å². The van der Waals surface area contributed by atoms with Gasteiger partial charge in [0.2, 0.25) is 5.91 Å². The van der Waals surface area contributed by atoms with E-state index in [0.717, 1.165) is 32.7 Å². The summed E-state index contributed by atoms with van der Waals surface area (Å²) in [6, 6.07) is 0.591. The SMILES string of the molecule is COCCN(C1CC1)C(C)C(=O)N1CCNCC1. The van der Waals surface area contributed by atoms with E-state index < -0.39 is 0 Å². The van der Waals surface area contributed by atoms with E-state index in [0.29, 0.717) is 12.6 Å². The van der Waals surface area contributed by atoms with Gasteiger partial charge in [0.05, 0.1) is 12.6 Å². The Morgan fingerprint density at radius 2 is 2.11 bits per heavy atom. The Kier molecular flexibility index (Phi) is 4.97. The largest absolute Gasteiger partial charge is 0.383 e. The Hall–Kier alpha value is -0.650. The molecule has 1 saturated heterocycles. The lowest BCUT2D eigenvalue weighted by Crippen LogP contribution is -2.54. The molecule has 0 radical (unpaired) electrons. The first-order valence-electron chi connectivity index (χ1n) is 6.98. The van der Waals surface area contributed by atoms with Crippen LogP contribution in [-0.2, 0) is 9.53 Å². The standard InChI is InChI=1S/C13H25N3O2/c1-11(13(17)15-7-5-14-6-8-15)16(9-10-18-2)12-3-4-12/h11-12,14H,3-10H2,1-2H3. The molecule has 2 fully saturated rings. The predicted octanol–water partition coefficient (Wildman–Crippen LogP) is -0.0825. The molecule has 1 heterocycles. The summed E-state index contributed by atoms with van der Waals surface area (Å²) in [6.45, 7) is 7.12. The highest BCUT2D eigenvalue weighted by molar-refractivity contribution is 5.81. The van der Waals surface area contributed by atoms with Crippen LogP contribution in [0.3, 0.4) is 0 Å². The molecule has 0 aromatic rings. The average Bonchev–Trinajstić information content (AvgIpc) is 3.24. The van der Waals surface area contributed by atoms with Crippen LogP contribution in [0, 0.1) is 0 Å². The summed E-state index contributed by atoms with van der Waals surface area (Å²) in [5.41, 5.74) is 0. The van der Waals surface area contributed by atoms with Crippen molar-refractivity contribution < 1.29 is 9.53 Å². The van der Waals surface area contributed by atoms with Crippen molar-refractivity contribution in [3.8, 4) is 0 Å². The zero-order valence-corrected chi connectivity index (χ0v) is 11.5. The summed E-state index contributed by atoms with van der Waals surface area (Å²) in [7, 11) is 1.72. The topological polar surface area (TPSA) is 44.8 Å². The Labute approximate surface area is 109 Å². The fraction of sp³-hybridized carbons (Fsp3) is 0.923. The first kappa shape index (κ1) is 13.8. The van der Waals surface area contributed by atoms with Gasteiger partial charge in [-0.1, -0.05) is 0 Å². The van der Waals surface area contributed by atoms with Crippen LogP contribution in [0.25, 0.3) is 0 Å². The molecule has 1 N–H and O–H groups in total. The van der Waals surface area contributed by atoms with Crippen molar-refractivity contribution in [2.45, 2.75) is 31.8 Å². The van der Waals surface area contributed by atoms with E-state index in [1.165, 1.54) is 12.8 Å². The molecular formula is C13H25N3O2. The van der Waals surface area contributed by atoms with Crippen molar-refractivity contribution in [1.82, 2.24) is 15.1 Å². The zero-order valence-electron chi connectivity index (χ0n) is 11.5. The van der Waals surface area contributed by atoms with Crippen LogP contribution >= 0.6 is 0 Å². The van der Waals surface area contributed by atoms with Gasteiger partial charge in [0.25, 0.3) is 0 Å². The number of carbonyl (C=O) groups is 1. The van der Waals surface area contributed by atoms with Crippen molar-refractivity contribution in [3.05, 3.63) is 0 Å². The Balaban J connectivity index is 1.89. The summed E-state index contributed by atoms with van der Waals surface area (Å²) in [5, 5.41) is 3.28. The number of hydrogen-bond acceptors (Lipinski definition) is 4. The molecule has 1 atom stereocenters. The number of carbonyl (C=O) groups excluding carboxylic acids is 1. The van der Waals surface area contributed by atoms with E-state index in [9.17, 15) is 4.79 Å². The van der Waals surface area contributed by atoms with Gasteiger partial charge in [0, 0.05) is 45.9 Å². The van der Waals surface area contributed by atoms with E-state index in [1.54, 1.807) is 7.11 Å². The number of hydrogen-bond donors (Lipinski definition) is 1. The van der Waals surface area contributed by atoms with Crippen molar-refractivity contribution in [3.63, 3.8) is 0 Å². The third kappa shape index (κ3) is 3.43. The molecule has 2 aliphatic rings. The van der Waals surface area contributed by atoms with Gasteiger partial charge in [-0.15, -0.1) is 0 Å². The first-order valence-corrected chi connectivity index (χ1v) is 6.98. The number of rotatable bonds is 6. The summed E-state index contributed by atoms with van der Waals surface area (Å²) in [5.74, 6) is 0.277. The smallest absolute Gasteiger partial charge is 0.239 e. The van der Waals surface area contributed by atoms with Crippen molar-refractivity contribution in [2.24, 2.45) is 0 Å². The van der Waals surface area contributed by atoms with Gasteiger partial charge in [-0.05, 0) is 19.8 Å². The molecule has 2 rings (SSSR count). The second-order valence-electron chi connectivity index (χ2n) is 5.21. The molecule has 104 valence electrons. The molecule has 1 saturated carbocycles. The van der Waals surface area contributed by atoms with E-state index in [1.807, 2.05) is 11.8 Å². The molecule has 0 bridgehead atoms. The Morgan fingerprint density at radius 3 is 2.67 bits per heavy atom. The highest BCUT2D eigenvalue weighted by atomic mass is 16.5. The zero-order chi connectivity index (χ0) is 13.0. The van der Waals surface area contributed by atoms with Gasteiger partial charge in [-0.25, -0.2) is 0 Å². The second-order valence-corrected chi connectivity index (χ2v) is 5.21. The van der Waals surface area contributed by atoms with E-state index in [2.05, 4.69) is 10.2 Å². The molecule has 1 unspecified atom stereocenters. The lowest BCUT2D eigenvalue weighted by molar-refractivity contribution is -0.137. The molecule has 0 aromatic carbocycles. The number of nitrogens with one attached hydrogen (secondary N) is 1. The molecule has 5 nitrogen and oxygen atoms in total. The molecule has 0 spiro atoms. The van der Waals surface area contributed by atoms with Gasteiger partial charge >= 0.3 is 0 Å². The Bertz CT molecular complexity index is 275. The molecule has 0 aromatic heterocycles. The number of piperazine rings is 1. The quantitative estimate of drug-likeness (QED) is 0.721. The van der Waals surface area contributed by atoms with E-state index in [-0.39, 0.29) is 11.9 Å². The molecule has 1 aliphatic heterocycles. The number of nitrogens with zero attached hydrogens (tertiary/aromatic N) is 2. The molecule has 1 aliphatic carbocycles. The van der Waals surface area contributed by atoms with E-state index in [4.69, 9.17) is 4.74 Å². The number of ether oxygens (including phenoxy) is 1. The fourth-order valence-corrected chi connectivity index (χ4v) is 2.59. The number of methoxy groups -OCH3 is 1.